The summed E-state index contributed by atoms with van der Waals surface area (Å²) in [5.74, 6) is 19.9. The number of amidine groups is 1. The maximum absolute atomic E-state index is 6.49. The topological polar surface area (TPSA) is 145 Å². The second-order valence-electron chi connectivity index (χ2n) is 8.73. The van der Waals surface area contributed by atoms with Gasteiger partial charge in [-0.05, 0) is 57.6 Å². The maximum Gasteiger partial charge on any atom is 0.141 e. The van der Waals surface area contributed by atoms with Gasteiger partial charge in [-0.3, -0.25) is 5.01 Å². The summed E-state index contributed by atoms with van der Waals surface area (Å²) in [5, 5.41) is 6.98. The van der Waals surface area contributed by atoms with Crippen molar-refractivity contribution in [1.29, 1.82) is 0 Å². The molecule has 9 heteroatoms. The first-order chi connectivity index (χ1) is 14.9. The van der Waals surface area contributed by atoms with Gasteiger partial charge in [0.2, 0.25) is 0 Å². The first-order valence-corrected chi connectivity index (χ1v) is 11.3. The van der Waals surface area contributed by atoms with Crippen LogP contribution in [0.4, 0.5) is 0 Å². The number of ether oxygens (including phenoxy) is 1. The molecule has 0 radical (unpaired) electrons. The highest BCUT2D eigenvalue weighted by molar-refractivity contribution is 5.84. The number of nitrogens with two attached hydrogens (primary N) is 4. The quantitative estimate of drug-likeness (QED) is 0.223. The largest absolute Gasteiger partial charge is 0.489 e. The number of hydrogen-bond donors (Lipinski definition) is 4. The molecule has 0 saturated heterocycles. The van der Waals surface area contributed by atoms with Crippen LogP contribution < -0.4 is 28.0 Å². The lowest BCUT2D eigenvalue weighted by atomic mass is 9.98. The van der Waals surface area contributed by atoms with Crippen LogP contribution in [0.3, 0.4) is 0 Å². The van der Waals surface area contributed by atoms with E-state index in [4.69, 9.17) is 28.0 Å². The molecule has 3 rings (SSSR count). The molecule has 9 nitrogen and oxygen atoms in total. The van der Waals surface area contributed by atoms with Gasteiger partial charge in [0.15, 0.2) is 0 Å². The fourth-order valence-corrected chi connectivity index (χ4v) is 4.56. The van der Waals surface area contributed by atoms with Crippen LogP contribution in [0.2, 0.25) is 0 Å². The summed E-state index contributed by atoms with van der Waals surface area (Å²) in [6.07, 6.45) is 10.6. The lowest BCUT2D eigenvalue weighted by molar-refractivity contribution is 0.153. The van der Waals surface area contributed by atoms with Gasteiger partial charge in [0.1, 0.15) is 11.6 Å². The molecule has 0 amide bonds. The number of hydrazine groups is 2. The van der Waals surface area contributed by atoms with Crippen LogP contribution >= 0.6 is 0 Å². The van der Waals surface area contributed by atoms with E-state index in [0.717, 1.165) is 50.0 Å². The Morgan fingerprint density at radius 2 is 1.74 bits per heavy atom. The minimum absolute atomic E-state index is 0.272. The molecule has 0 unspecified atom stereocenters. The molecule has 0 bridgehead atoms. The molecule has 1 aromatic heterocycles. The van der Waals surface area contributed by atoms with Gasteiger partial charge in [0.25, 0.3) is 0 Å². The lowest BCUT2D eigenvalue weighted by Crippen LogP contribution is -2.46. The van der Waals surface area contributed by atoms with E-state index in [-0.39, 0.29) is 18.6 Å². The average Bonchev–Trinajstić information content (AvgIpc) is 3.28. The fourth-order valence-electron chi connectivity index (χ4n) is 4.56. The highest BCUT2D eigenvalue weighted by Crippen LogP contribution is 2.28. The Bertz CT molecular complexity index is 795. The van der Waals surface area contributed by atoms with E-state index in [1.807, 2.05) is 19.1 Å². The fraction of sp³-hybridized carbons (Fsp3) is 0.636. The summed E-state index contributed by atoms with van der Waals surface area (Å²) in [7, 11) is 1.73. The van der Waals surface area contributed by atoms with Crippen molar-refractivity contribution in [3.8, 4) is 5.75 Å². The summed E-state index contributed by atoms with van der Waals surface area (Å²) in [4.78, 5) is 4.69. The maximum atomic E-state index is 6.49. The van der Waals surface area contributed by atoms with E-state index in [9.17, 15) is 0 Å². The zero-order valence-electron chi connectivity index (χ0n) is 18.9. The predicted octanol–water partition coefficient (Wildman–Crippen LogP) is 2.17. The number of aryl methyl sites for hydroxylation is 1. The van der Waals surface area contributed by atoms with E-state index >= 15 is 0 Å². The smallest absolute Gasteiger partial charge is 0.141 e. The van der Waals surface area contributed by atoms with Gasteiger partial charge in [-0.25, -0.2) is 16.7 Å². The number of nitrogens with zero attached hydrogens (tertiary/aromatic N) is 4. The number of likely N-dealkylation sites (N-methyl/N-ethyl adjacent to an activating group) is 1. The predicted molar refractivity (Wildman–Crippen MR) is 124 cm³/mol. The third-order valence-corrected chi connectivity index (χ3v) is 6.36. The molecular formula is C22H38N8O. The molecule has 172 valence electrons. The third-order valence-electron chi connectivity index (χ3n) is 6.36. The first kappa shape index (κ1) is 23.1. The Balaban J connectivity index is 1.77. The van der Waals surface area contributed by atoms with Crippen LogP contribution in [0.25, 0.3) is 5.70 Å². The van der Waals surface area contributed by atoms with Gasteiger partial charge in [0, 0.05) is 13.0 Å². The molecule has 0 atom stereocenters. The molecule has 0 spiro atoms. The van der Waals surface area contributed by atoms with Crippen molar-refractivity contribution in [2.24, 2.45) is 34.3 Å². The first-order valence-electron chi connectivity index (χ1n) is 11.3. The van der Waals surface area contributed by atoms with Crippen molar-refractivity contribution < 1.29 is 4.74 Å². The van der Waals surface area contributed by atoms with E-state index in [0.29, 0.717) is 22.9 Å². The van der Waals surface area contributed by atoms with Crippen molar-refractivity contribution in [1.82, 2.24) is 15.0 Å². The van der Waals surface area contributed by atoms with Crippen LogP contribution in [0.1, 0.15) is 69.2 Å². The molecule has 8 N–H and O–H groups in total. The highest BCUT2D eigenvalue weighted by atomic mass is 16.5. The van der Waals surface area contributed by atoms with E-state index in [1.165, 1.54) is 24.3 Å². The Labute approximate surface area is 185 Å². The molecule has 0 aliphatic heterocycles. The zero-order chi connectivity index (χ0) is 22.4. The number of hydrazone groups is 1. The summed E-state index contributed by atoms with van der Waals surface area (Å²) in [6, 6.07) is 3.82. The number of hydrogen-bond acceptors (Lipinski definition) is 8. The van der Waals surface area contributed by atoms with Crippen molar-refractivity contribution in [3.63, 3.8) is 0 Å². The summed E-state index contributed by atoms with van der Waals surface area (Å²) >= 11 is 0. The van der Waals surface area contributed by atoms with Crippen LogP contribution in [0, 0.1) is 12.8 Å². The average molecular weight is 431 g/mol. The molecule has 2 aliphatic rings. The molecule has 0 aromatic carbocycles. The second kappa shape index (κ2) is 10.7. The van der Waals surface area contributed by atoms with Crippen LogP contribution in [0.5, 0.6) is 5.75 Å². The van der Waals surface area contributed by atoms with Crippen molar-refractivity contribution in [3.05, 3.63) is 29.2 Å². The third kappa shape index (κ3) is 5.80. The summed E-state index contributed by atoms with van der Waals surface area (Å²) in [6.45, 7) is 2.22. The molecule has 1 aromatic rings. The van der Waals surface area contributed by atoms with Crippen LogP contribution in [0.15, 0.2) is 22.9 Å². The van der Waals surface area contributed by atoms with E-state index < -0.39 is 0 Å². The number of rotatable bonds is 7. The van der Waals surface area contributed by atoms with Gasteiger partial charge in [-0.1, -0.05) is 19.3 Å². The van der Waals surface area contributed by atoms with Crippen molar-refractivity contribution >= 4 is 11.5 Å². The standard InChI is InChI=1S/C22H38N8O/c1-15-20(31-17-10-4-3-5-11-17)13-12-18(27-15)21(23)19(29(2)25)14-30(26)22(28-24)16-8-6-7-9-16/h12-13,16-17H,3-11,14,23-26H2,1-2H3/b21-19-,28-22-. The van der Waals surface area contributed by atoms with E-state index in [2.05, 4.69) is 10.1 Å². The minimum Gasteiger partial charge on any atom is -0.489 e. The second-order valence-corrected chi connectivity index (χ2v) is 8.73. The van der Waals surface area contributed by atoms with Gasteiger partial charge < -0.3 is 21.3 Å². The van der Waals surface area contributed by atoms with Gasteiger partial charge in [0.05, 0.1) is 35.4 Å². The van der Waals surface area contributed by atoms with Crippen LogP contribution in [-0.4, -0.2) is 40.5 Å². The molecule has 2 saturated carbocycles. The zero-order valence-corrected chi connectivity index (χ0v) is 18.9. The molecule has 2 aliphatic carbocycles. The van der Waals surface area contributed by atoms with Gasteiger partial charge in [-0.2, -0.15) is 5.10 Å². The highest BCUT2D eigenvalue weighted by Gasteiger charge is 2.26. The Morgan fingerprint density at radius 1 is 1.10 bits per heavy atom. The molecule has 2 fully saturated rings. The number of aromatic nitrogens is 1. The molecule has 1 heterocycles. The van der Waals surface area contributed by atoms with Crippen molar-refractivity contribution in [2.45, 2.75) is 70.8 Å². The lowest BCUT2D eigenvalue weighted by Gasteiger charge is -2.28. The van der Waals surface area contributed by atoms with Crippen molar-refractivity contribution in [2.75, 3.05) is 13.6 Å². The Hall–Kier alpha value is -2.52. The normalized spacial score (nSPS) is 19.3. The summed E-state index contributed by atoms with van der Waals surface area (Å²) < 4.78 is 6.18. The van der Waals surface area contributed by atoms with Gasteiger partial charge in [-0.15, -0.1) is 0 Å². The van der Waals surface area contributed by atoms with Gasteiger partial charge >= 0.3 is 0 Å². The number of pyridine rings is 1. The van der Waals surface area contributed by atoms with Crippen LogP contribution in [-0.2, 0) is 0 Å². The Morgan fingerprint density at radius 3 is 2.32 bits per heavy atom. The Kier molecular flexibility index (Phi) is 7.97. The summed E-state index contributed by atoms with van der Waals surface area (Å²) in [5.41, 5.74) is 9.05. The monoisotopic (exact) mass is 430 g/mol. The van der Waals surface area contributed by atoms with E-state index in [1.54, 1.807) is 12.1 Å². The molecular weight excluding hydrogens is 392 g/mol. The SMILES string of the molecule is Cc1nc(/C(N)=C(\CN(N)/C(=N\N)C2CCCC2)N(C)N)ccc1OC1CCCCC1. The minimum atomic E-state index is 0.272. The molecule has 31 heavy (non-hydrogen) atoms.